The van der Waals surface area contributed by atoms with E-state index in [1.54, 1.807) is 12.1 Å². The molecule has 0 atom stereocenters. The molecule has 1 N–H and O–H groups in total. The van der Waals surface area contributed by atoms with Crippen molar-refractivity contribution in [3.63, 3.8) is 0 Å². The SMILES string of the molecule is O=C(O)C1(c2cc3c(cc2Cl)OCO3)CC1. The molecule has 5 heteroatoms. The Morgan fingerprint density at radius 2 is 1.94 bits per heavy atom. The number of carboxylic acid groups (broad SMARTS) is 1. The predicted molar refractivity (Wildman–Crippen MR) is 56.1 cm³/mol. The molecule has 0 unspecified atom stereocenters. The lowest BCUT2D eigenvalue weighted by molar-refractivity contribution is -0.140. The van der Waals surface area contributed by atoms with Crippen LogP contribution in [0.25, 0.3) is 0 Å². The number of fused-ring (bicyclic) bond motifs is 1. The van der Waals surface area contributed by atoms with Gasteiger partial charge in [-0.3, -0.25) is 4.79 Å². The molecule has 2 aliphatic rings. The molecule has 1 saturated carbocycles. The van der Waals surface area contributed by atoms with Gasteiger partial charge < -0.3 is 14.6 Å². The summed E-state index contributed by atoms with van der Waals surface area (Å²) in [4.78, 5) is 11.2. The van der Waals surface area contributed by atoms with E-state index in [1.165, 1.54) is 0 Å². The zero-order valence-corrected chi connectivity index (χ0v) is 9.08. The number of ether oxygens (including phenoxy) is 2. The molecule has 1 aliphatic heterocycles. The predicted octanol–water partition coefficient (Wildman–Crippen LogP) is 2.18. The van der Waals surface area contributed by atoms with Gasteiger partial charge in [0, 0.05) is 11.1 Å². The standard InChI is InChI=1S/C11H9ClO4/c12-7-4-9-8(15-5-16-9)3-6(7)11(1-2-11)10(13)14/h3-4H,1-2,5H2,(H,13,14). The van der Waals surface area contributed by atoms with Gasteiger partial charge in [0.05, 0.1) is 5.41 Å². The van der Waals surface area contributed by atoms with Crippen LogP contribution >= 0.6 is 11.6 Å². The molecule has 0 bridgehead atoms. The van der Waals surface area contributed by atoms with Crippen molar-refractivity contribution in [3.8, 4) is 11.5 Å². The zero-order chi connectivity index (χ0) is 11.3. The minimum atomic E-state index is -0.826. The number of aliphatic carboxylic acids is 1. The highest BCUT2D eigenvalue weighted by atomic mass is 35.5. The normalized spacial score (nSPS) is 19.6. The fourth-order valence-electron chi connectivity index (χ4n) is 2.01. The van der Waals surface area contributed by atoms with Gasteiger partial charge in [-0.1, -0.05) is 11.6 Å². The van der Waals surface area contributed by atoms with E-state index in [2.05, 4.69) is 0 Å². The third kappa shape index (κ3) is 1.19. The summed E-state index contributed by atoms with van der Waals surface area (Å²) < 4.78 is 10.4. The Kier molecular flexibility index (Phi) is 1.86. The van der Waals surface area contributed by atoms with Crippen LogP contribution in [0.3, 0.4) is 0 Å². The van der Waals surface area contributed by atoms with Crippen molar-refractivity contribution in [1.82, 2.24) is 0 Å². The van der Waals surface area contributed by atoms with E-state index in [9.17, 15) is 9.90 Å². The molecule has 1 aromatic rings. The van der Waals surface area contributed by atoms with Crippen molar-refractivity contribution < 1.29 is 19.4 Å². The molecule has 0 spiro atoms. The second kappa shape index (κ2) is 3.04. The summed E-state index contributed by atoms with van der Waals surface area (Å²) in [7, 11) is 0. The number of rotatable bonds is 2. The van der Waals surface area contributed by atoms with Crippen molar-refractivity contribution in [2.24, 2.45) is 0 Å². The monoisotopic (exact) mass is 240 g/mol. The van der Waals surface area contributed by atoms with Crippen molar-refractivity contribution >= 4 is 17.6 Å². The molecule has 0 saturated heterocycles. The summed E-state index contributed by atoms with van der Waals surface area (Å²) >= 11 is 6.08. The Labute approximate surface area is 96.7 Å². The van der Waals surface area contributed by atoms with Crippen molar-refractivity contribution in [2.75, 3.05) is 6.79 Å². The first-order valence-corrected chi connectivity index (χ1v) is 5.34. The van der Waals surface area contributed by atoms with Crippen LogP contribution in [0.1, 0.15) is 18.4 Å². The van der Waals surface area contributed by atoms with Gasteiger partial charge in [0.15, 0.2) is 11.5 Å². The van der Waals surface area contributed by atoms with Crippen LogP contribution in [0.4, 0.5) is 0 Å². The van der Waals surface area contributed by atoms with E-state index >= 15 is 0 Å². The second-order valence-corrected chi connectivity index (χ2v) is 4.48. The topological polar surface area (TPSA) is 55.8 Å². The van der Waals surface area contributed by atoms with E-state index in [-0.39, 0.29) is 6.79 Å². The first-order valence-electron chi connectivity index (χ1n) is 4.96. The highest BCUT2D eigenvalue weighted by molar-refractivity contribution is 6.32. The lowest BCUT2D eigenvalue weighted by Gasteiger charge is -2.12. The smallest absolute Gasteiger partial charge is 0.314 e. The summed E-state index contributed by atoms with van der Waals surface area (Å²) in [5.74, 6) is 0.329. The summed E-state index contributed by atoms with van der Waals surface area (Å²) in [6, 6.07) is 3.31. The van der Waals surface area contributed by atoms with Gasteiger partial charge in [-0.05, 0) is 24.5 Å². The van der Waals surface area contributed by atoms with E-state index < -0.39 is 11.4 Å². The van der Waals surface area contributed by atoms with E-state index in [1.807, 2.05) is 0 Å². The van der Waals surface area contributed by atoms with Crippen LogP contribution < -0.4 is 9.47 Å². The molecule has 1 aliphatic carbocycles. The van der Waals surface area contributed by atoms with Crippen LogP contribution in [-0.2, 0) is 10.2 Å². The molecule has 0 radical (unpaired) electrons. The first-order chi connectivity index (χ1) is 7.63. The van der Waals surface area contributed by atoms with Gasteiger partial charge >= 0.3 is 5.97 Å². The average molecular weight is 241 g/mol. The molecule has 3 rings (SSSR count). The molecule has 4 nitrogen and oxygen atoms in total. The number of hydrogen-bond acceptors (Lipinski definition) is 3. The van der Waals surface area contributed by atoms with Crippen LogP contribution in [0, 0.1) is 0 Å². The number of carbonyl (C=O) groups is 1. The molecule has 1 aromatic carbocycles. The van der Waals surface area contributed by atoms with Crippen LogP contribution in [0.2, 0.25) is 5.02 Å². The highest BCUT2D eigenvalue weighted by Gasteiger charge is 2.53. The van der Waals surface area contributed by atoms with E-state index in [0.717, 1.165) is 0 Å². The molecule has 84 valence electrons. The quantitative estimate of drug-likeness (QED) is 0.861. The number of hydrogen-bond donors (Lipinski definition) is 1. The largest absolute Gasteiger partial charge is 0.481 e. The average Bonchev–Trinajstić information content (AvgIpc) is 2.92. The maximum absolute atomic E-state index is 11.2. The third-order valence-electron chi connectivity index (χ3n) is 3.14. The Bertz CT molecular complexity index is 479. The van der Waals surface area contributed by atoms with E-state index in [0.29, 0.717) is 34.9 Å². The lowest BCUT2D eigenvalue weighted by Crippen LogP contribution is -2.19. The molecular formula is C11H9ClO4. The van der Waals surface area contributed by atoms with Gasteiger partial charge in [0.25, 0.3) is 0 Å². The number of halogens is 1. The second-order valence-electron chi connectivity index (χ2n) is 4.07. The fraction of sp³-hybridized carbons (Fsp3) is 0.364. The van der Waals surface area contributed by atoms with Gasteiger partial charge in [0.1, 0.15) is 0 Å². The fourth-order valence-corrected chi connectivity index (χ4v) is 2.34. The van der Waals surface area contributed by atoms with Gasteiger partial charge in [-0.2, -0.15) is 0 Å². The molecular weight excluding hydrogens is 232 g/mol. The van der Waals surface area contributed by atoms with Gasteiger partial charge in [-0.15, -0.1) is 0 Å². The Hall–Kier alpha value is -1.42. The summed E-state index contributed by atoms with van der Waals surface area (Å²) in [5, 5.41) is 9.63. The molecule has 1 fully saturated rings. The molecule has 0 amide bonds. The van der Waals surface area contributed by atoms with Crippen molar-refractivity contribution in [3.05, 3.63) is 22.7 Å². The number of benzene rings is 1. The lowest BCUT2D eigenvalue weighted by atomic mass is 9.95. The van der Waals surface area contributed by atoms with Crippen LogP contribution in [0.15, 0.2) is 12.1 Å². The molecule has 16 heavy (non-hydrogen) atoms. The Morgan fingerprint density at radius 1 is 1.31 bits per heavy atom. The summed E-state index contributed by atoms with van der Waals surface area (Å²) in [5.41, 5.74) is -0.177. The van der Waals surface area contributed by atoms with Gasteiger partial charge in [-0.25, -0.2) is 0 Å². The Balaban J connectivity index is 2.12. The Morgan fingerprint density at radius 3 is 2.50 bits per heavy atom. The maximum Gasteiger partial charge on any atom is 0.314 e. The minimum absolute atomic E-state index is 0.162. The zero-order valence-electron chi connectivity index (χ0n) is 8.33. The summed E-state index contributed by atoms with van der Waals surface area (Å²) in [6.45, 7) is 0.162. The van der Waals surface area contributed by atoms with Crippen LogP contribution in [0.5, 0.6) is 11.5 Å². The van der Waals surface area contributed by atoms with Crippen LogP contribution in [-0.4, -0.2) is 17.9 Å². The highest BCUT2D eigenvalue weighted by Crippen LogP contribution is 2.53. The van der Waals surface area contributed by atoms with E-state index in [4.69, 9.17) is 21.1 Å². The van der Waals surface area contributed by atoms with Gasteiger partial charge in [0.2, 0.25) is 6.79 Å². The minimum Gasteiger partial charge on any atom is -0.481 e. The first kappa shape index (κ1) is 9.78. The third-order valence-corrected chi connectivity index (χ3v) is 3.45. The summed E-state index contributed by atoms with van der Waals surface area (Å²) in [6.07, 6.45) is 1.25. The molecule has 0 aromatic heterocycles. The van der Waals surface area contributed by atoms with Crippen molar-refractivity contribution in [1.29, 1.82) is 0 Å². The number of carboxylic acids is 1. The molecule has 1 heterocycles. The van der Waals surface area contributed by atoms with Crippen molar-refractivity contribution in [2.45, 2.75) is 18.3 Å². The maximum atomic E-state index is 11.2.